The number of anilines is 2. The molecule has 1 fully saturated rings. The number of nitrogens with one attached hydrogen (secondary N) is 2. The average molecular weight is 460 g/mol. The van der Waals surface area contributed by atoms with Gasteiger partial charge >= 0.3 is 12.0 Å². The van der Waals surface area contributed by atoms with E-state index in [1.807, 2.05) is 36.4 Å². The lowest BCUT2D eigenvalue weighted by atomic mass is 9.97. The van der Waals surface area contributed by atoms with Crippen molar-refractivity contribution in [3.63, 3.8) is 0 Å². The van der Waals surface area contributed by atoms with Crippen molar-refractivity contribution >= 4 is 45.2 Å². The van der Waals surface area contributed by atoms with Gasteiger partial charge in [0.15, 0.2) is 6.61 Å². The van der Waals surface area contributed by atoms with Crippen molar-refractivity contribution in [3.05, 3.63) is 59.1 Å². The predicted octanol–water partition coefficient (Wildman–Crippen LogP) is 3.87. The van der Waals surface area contributed by atoms with Crippen LogP contribution in [0.15, 0.2) is 59.1 Å². The van der Waals surface area contributed by atoms with Crippen LogP contribution in [0.5, 0.6) is 0 Å². The Morgan fingerprint density at radius 2 is 1.66 bits per heavy atom. The summed E-state index contributed by atoms with van der Waals surface area (Å²) in [7, 11) is 0. The van der Waals surface area contributed by atoms with Gasteiger partial charge in [0.05, 0.1) is 5.92 Å². The molecular weight excluding hydrogens is 438 g/mol. The third-order valence-electron chi connectivity index (χ3n) is 4.59. The minimum atomic E-state index is -0.405. The zero-order valence-corrected chi connectivity index (χ0v) is 17.4. The lowest BCUT2D eigenvalue weighted by molar-refractivity contribution is -0.152. The van der Waals surface area contributed by atoms with Crippen molar-refractivity contribution in [2.45, 2.75) is 12.8 Å². The van der Waals surface area contributed by atoms with Crippen molar-refractivity contribution in [1.29, 1.82) is 0 Å². The number of esters is 1. The molecule has 1 heterocycles. The summed E-state index contributed by atoms with van der Waals surface area (Å²) in [5, 5.41) is 5.52. The topological polar surface area (TPSA) is 87.7 Å². The molecule has 29 heavy (non-hydrogen) atoms. The van der Waals surface area contributed by atoms with Crippen molar-refractivity contribution in [2.24, 2.45) is 5.92 Å². The second-order valence-electron chi connectivity index (χ2n) is 6.72. The Balaban J connectivity index is 1.39. The van der Waals surface area contributed by atoms with E-state index < -0.39 is 11.9 Å². The van der Waals surface area contributed by atoms with E-state index >= 15 is 0 Å². The second kappa shape index (κ2) is 10.1. The van der Waals surface area contributed by atoms with Gasteiger partial charge in [-0.05, 0) is 43.2 Å². The number of para-hydroxylation sites is 1. The standard InChI is InChI=1S/C21H22BrN3O4/c22-16-5-4-8-18(13-16)23-19(26)14-29-20(27)15-9-11-25(12-10-15)21(28)24-17-6-2-1-3-7-17/h1-8,13,15H,9-12,14H2,(H,23,26)(H,24,28). The zero-order chi connectivity index (χ0) is 20.6. The molecule has 0 unspecified atom stereocenters. The van der Waals surface area contributed by atoms with Gasteiger partial charge < -0.3 is 20.3 Å². The lowest BCUT2D eigenvalue weighted by Crippen LogP contribution is -2.43. The summed E-state index contributed by atoms with van der Waals surface area (Å²) in [5.41, 5.74) is 1.36. The first-order valence-electron chi connectivity index (χ1n) is 9.34. The van der Waals surface area contributed by atoms with E-state index in [2.05, 4.69) is 26.6 Å². The summed E-state index contributed by atoms with van der Waals surface area (Å²) in [5.74, 6) is -1.11. The molecule has 2 aromatic carbocycles. The number of ether oxygens (including phenoxy) is 1. The third-order valence-corrected chi connectivity index (χ3v) is 5.09. The van der Waals surface area contributed by atoms with Gasteiger partial charge in [0.2, 0.25) is 0 Å². The van der Waals surface area contributed by atoms with Crippen LogP contribution in [0.3, 0.4) is 0 Å². The van der Waals surface area contributed by atoms with Crippen LogP contribution in [-0.4, -0.2) is 42.5 Å². The molecule has 1 aliphatic rings. The van der Waals surface area contributed by atoms with Crippen LogP contribution in [0.1, 0.15) is 12.8 Å². The summed E-state index contributed by atoms with van der Waals surface area (Å²) >= 11 is 3.33. The molecule has 0 radical (unpaired) electrons. The van der Waals surface area contributed by atoms with Crippen LogP contribution >= 0.6 is 15.9 Å². The summed E-state index contributed by atoms with van der Waals surface area (Å²) in [6.07, 6.45) is 1.02. The Morgan fingerprint density at radius 1 is 0.966 bits per heavy atom. The number of carbonyl (C=O) groups is 3. The van der Waals surface area contributed by atoms with Crippen LogP contribution in [0, 0.1) is 5.92 Å². The fraction of sp³-hybridized carbons (Fsp3) is 0.286. The first-order chi connectivity index (χ1) is 14.0. The van der Waals surface area contributed by atoms with E-state index in [4.69, 9.17) is 4.74 Å². The molecule has 0 spiro atoms. The van der Waals surface area contributed by atoms with Crippen LogP contribution in [-0.2, 0) is 14.3 Å². The number of nitrogens with zero attached hydrogens (tertiary/aromatic N) is 1. The first kappa shape index (κ1) is 20.9. The highest BCUT2D eigenvalue weighted by Crippen LogP contribution is 2.20. The van der Waals surface area contributed by atoms with E-state index in [-0.39, 0.29) is 18.6 Å². The van der Waals surface area contributed by atoms with Gasteiger partial charge in [-0.25, -0.2) is 4.79 Å². The van der Waals surface area contributed by atoms with Crippen molar-refractivity contribution < 1.29 is 19.1 Å². The predicted molar refractivity (Wildman–Crippen MR) is 113 cm³/mol. The maximum absolute atomic E-state index is 12.3. The minimum Gasteiger partial charge on any atom is -0.455 e. The Hall–Kier alpha value is -2.87. The molecule has 0 saturated carbocycles. The quantitative estimate of drug-likeness (QED) is 0.664. The van der Waals surface area contributed by atoms with E-state index in [0.717, 1.165) is 10.2 Å². The second-order valence-corrected chi connectivity index (χ2v) is 7.64. The Labute approximate surface area is 177 Å². The number of benzene rings is 2. The van der Waals surface area contributed by atoms with Crippen LogP contribution < -0.4 is 10.6 Å². The molecule has 7 nitrogen and oxygen atoms in total. The number of hydrogen-bond donors (Lipinski definition) is 2. The van der Waals surface area contributed by atoms with Crippen LogP contribution in [0.4, 0.5) is 16.2 Å². The zero-order valence-electron chi connectivity index (χ0n) is 15.8. The number of piperidine rings is 1. The van der Waals surface area contributed by atoms with Gasteiger partial charge in [-0.15, -0.1) is 0 Å². The molecular formula is C21H22BrN3O4. The Morgan fingerprint density at radius 3 is 2.34 bits per heavy atom. The van der Waals surface area contributed by atoms with Gasteiger partial charge in [0, 0.05) is 28.9 Å². The number of hydrogen-bond acceptors (Lipinski definition) is 4. The maximum Gasteiger partial charge on any atom is 0.321 e. The van der Waals surface area contributed by atoms with Crippen LogP contribution in [0.25, 0.3) is 0 Å². The number of carbonyl (C=O) groups excluding carboxylic acids is 3. The fourth-order valence-electron chi connectivity index (χ4n) is 3.06. The number of urea groups is 1. The molecule has 0 aromatic heterocycles. The molecule has 3 rings (SSSR count). The summed E-state index contributed by atoms with van der Waals surface area (Å²) < 4.78 is 6.00. The largest absolute Gasteiger partial charge is 0.455 e. The number of amides is 3. The Bertz CT molecular complexity index is 867. The molecule has 1 saturated heterocycles. The number of likely N-dealkylation sites (tertiary alicyclic amines) is 1. The van der Waals surface area contributed by atoms with Gasteiger partial charge in [0.1, 0.15) is 0 Å². The Kier molecular flexibility index (Phi) is 7.24. The van der Waals surface area contributed by atoms with E-state index in [0.29, 0.717) is 31.6 Å². The minimum absolute atomic E-state index is 0.184. The van der Waals surface area contributed by atoms with Gasteiger partial charge in [-0.2, -0.15) is 0 Å². The maximum atomic E-state index is 12.3. The van der Waals surface area contributed by atoms with Crippen LogP contribution in [0.2, 0.25) is 0 Å². The highest BCUT2D eigenvalue weighted by molar-refractivity contribution is 9.10. The van der Waals surface area contributed by atoms with Crippen molar-refractivity contribution in [2.75, 3.05) is 30.3 Å². The lowest BCUT2D eigenvalue weighted by Gasteiger charge is -2.30. The molecule has 2 aromatic rings. The molecule has 1 aliphatic heterocycles. The highest BCUT2D eigenvalue weighted by Gasteiger charge is 2.28. The monoisotopic (exact) mass is 459 g/mol. The molecule has 152 valence electrons. The van der Waals surface area contributed by atoms with Crippen molar-refractivity contribution in [3.8, 4) is 0 Å². The molecule has 0 bridgehead atoms. The normalized spacial score (nSPS) is 14.2. The third kappa shape index (κ3) is 6.32. The summed E-state index contributed by atoms with van der Waals surface area (Å²) in [4.78, 5) is 38.2. The smallest absolute Gasteiger partial charge is 0.321 e. The fourth-order valence-corrected chi connectivity index (χ4v) is 3.46. The van der Waals surface area contributed by atoms with Gasteiger partial charge in [-0.1, -0.05) is 40.2 Å². The highest BCUT2D eigenvalue weighted by atomic mass is 79.9. The van der Waals surface area contributed by atoms with Crippen molar-refractivity contribution in [1.82, 2.24) is 4.90 Å². The van der Waals surface area contributed by atoms with Gasteiger partial charge in [-0.3, -0.25) is 9.59 Å². The summed E-state index contributed by atoms with van der Waals surface area (Å²) in [6.45, 7) is 0.589. The molecule has 3 amide bonds. The molecule has 0 aliphatic carbocycles. The molecule has 0 atom stereocenters. The summed E-state index contributed by atoms with van der Waals surface area (Å²) in [6, 6.07) is 16.2. The van der Waals surface area contributed by atoms with E-state index in [9.17, 15) is 14.4 Å². The average Bonchev–Trinajstić information content (AvgIpc) is 2.73. The van der Waals surface area contributed by atoms with E-state index in [1.165, 1.54) is 0 Å². The molecule has 2 N–H and O–H groups in total. The SMILES string of the molecule is O=C(COC(=O)C1CCN(C(=O)Nc2ccccc2)CC1)Nc1cccc(Br)c1. The van der Waals surface area contributed by atoms with E-state index in [1.54, 1.807) is 23.1 Å². The number of halogens is 1. The molecule has 8 heteroatoms. The number of rotatable bonds is 5. The van der Waals surface area contributed by atoms with Gasteiger partial charge in [0.25, 0.3) is 5.91 Å². The first-order valence-corrected chi connectivity index (χ1v) is 10.1.